The summed E-state index contributed by atoms with van der Waals surface area (Å²) in [6.07, 6.45) is 3.38. The Labute approximate surface area is 151 Å². The van der Waals surface area contributed by atoms with Crippen molar-refractivity contribution >= 4 is 29.7 Å². The molecular weight excluding hydrogens is 336 g/mol. The Bertz CT molecular complexity index is 757. The van der Waals surface area contributed by atoms with Gasteiger partial charge in [0.2, 0.25) is 11.8 Å². The molecule has 0 bridgehead atoms. The first kappa shape index (κ1) is 19.2. The smallest absolute Gasteiger partial charge is 0.327 e. The number of carbonyl (C=O) groups is 4. The minimum atomic E-state index is -0.959. The molecule has 0 spiro atoms. The summed E-state index contributed by atoms with van der Waals surface area (Å²) in [6.45, 7) is 4.85. The summed E-state index contributed by atoms with van der Waals surface area (Å²) >= 11 is 0. The number of nitrogens with zero attached hydrogens (tertiary/aromatic N) is 1. The monoisotopic (exact) mass is 358 g/mol. The molecule has 0 saturated carbocycles. The van der Waals surface area contributed by atoms with Crippen LogP contribution in [0.1, 0.15) is 44.4 Å². The van der Waals surface area contributed by atoms with E-state index in [1.165, 1.54) is 11.8 Å². The number of hydrogen-bond acceptors (Lipinski definition) is 4. The molecule has 1 aliphatic heterocycles. The molecule has 2 rings (SSSR count). The zero-order chi connectivity index (χ0) is 19.3. The third kappa shape index (κ3) is 4.69. The van der Waals surface area contributed by atoms with Crippen LogP contribution < -0.4 is 16.2 Å². The maximum atomic E-state index is 12.2. The Morgan fingerprint density at radius 2 is 1.77 bits per heavy atom. The molecule has 0 radical (unpaired) electrons. The van der Waals surface area contributed by atoms with Gasteiger partial charge in [-0.15, -0.1) is 0 Å². The first-order chi connectivity index (χ1) is 12.3. The fourth-order valence-corrected chi connectivity index (χ4v) is 2.65. The number of benzene rings is 1. The molecule has 138 valence electrons. The number of hydrazine groups is 1. The average Bonchev–Trinajstić information content (AvgIpc) is 2.59. The highest BCUT2D eigenvalue weighted by molar-refractivity contribution is 6.35. The van der Waals surface area contributed by atoms with Crippen LogP contribution in [0.5, 0.6) is 0 Å². The van der Waals surface area contributed by atoms with Crippen LogP contribution in [-0.4, -0.2) is 34.6 Å². The van der Waals surface area contributed by atoms with E-state index in [0.717, 1.165) is 11.1 Å². The summed E-state index contributed by atoms with van der Waals surface area (Å²) in [4.78, 5) is 48.7. The van der Waals surface area contributed by atoms with E-state index >= 15 is 0 Å². The highest BCUT2D eigenvalue weighted by Gasteiger charge is 2.28. The van der Waals surface area contributed by atoms with Crippen LogP contribution in [0, 0.1) is 0 Å². The number of rotatable bonds is 3. The molecule has 26 heavy (non-hydrogen) atoms. The SMILES string of the molecule is CC(=O)N1C=Cc2ccccc2[C@H]1CC(=O)NNC(=O)C(=O)NC(C)C. The van der Waals surface area contributed by atoms with Gasteiger partial charge in [-0.3, -0.25) is 30.0 Å². The Balaban J connectivity index is 2.02. The van der Waals surface area contributed by atoms with Crippen molar-refractivity contribution in [2.45, 2.75) is 39.3 Å². The topological polar surface area (TPSA) is 108 Å². The summed E-state index contributed by atoms with van der Waals surface area (Å²) in [5.74, 6) is -2.51. The molecule has 1 heterocycles. The standard InChI is InChI=1S/C18H22N4O4/c1-11(2)19-17(25)18(26)21-20-16(24)10-15-14-7-5-4-6-13(14)8-9-22(15)12(3)23/h4-9,11,15H,10H2,1-3H3,(H,19,25)(H,20,24)(H,21,26)/t15-/m1/s1. The molecule has 4 amide bonds. The van der Waals surface area contributed by atoms with Gasteiger partial charge in [0.05, 0.1) is 12.5 Å². The highest BCUT2D eigenvalue weighted by Crippen LogP contribution is 2.32. The Kier molecular flexibility index (Phi) is 6.11. The number of amides is 4. The van der Waals surface area contributed by atoms with Crippen molar-refractivity contribution < 1.29 is 19.2 Å². The zero-order valence-electron chi connectivity index (χ0n) is 14.9. The predicted molar refractivity (Wildman–Crippen MR) is 94.9 cm³/mol. The van der Waals surface area contributed by atoms with Gasteiger partial charge in [-0.2, -0.15) is 0 Å². The van der Waals surface area contributed by atoms with Gasteiger partial charge < -0.3 is 10.2 Å². The van der Waals surface area contributed by atoms with Crippen molar-refractivity contribution in [1.29, 1.82) is 0 Å². The van der Waals surface area contributed by atoms with Gasteiger partial charge in [0, 0.05) is 19.2 Å². The van der Waals surface area contributed by atoms with Crippen LogP contribution in [0.4, 0.5) is 0 Å². The third-order valence-electron chi connectivity index (χ3n) is 3.79. The van der Waals surface area contributed by atoms with Crippen molar-refractivity contribution in [2.24, 2.45) is 0 Å². The van der Waals surface area contributed by atoms with E-state index in [9.17, 15) is 19.2 Å². The van der Waals surface area contributed by atoms with Crippen molar-refractivity contribution in [1.82, 2.24) is 21.1 Å². The minimum Gasteiger partial charge on any atom is -0.346 e. The van der Waals surface area contributed by atoms with Crippen LogP contribution in [0.15, 0.2) is 30.5 Å². The van der Waals surface area contributed by atoms with Crippen molar-refractivity contribution in [2.75, 3.05) is 0 Å². The molecule has 1 atom stereocenters. The predicted octanol–water partition coefficient (Wildman–Crippen LogP) is 0.623. The zero-order valence-corrected chi connectivity index (χ0v) is 14.9. The lowest BCUT2D eigenvalue weighted by atomic mass is 9.93. The molecule has 1 aromatic rings. The molecular formula is C18H22N4O4. The lowest BCUT2D eigenvalue weighted by molar-refractivity contribution is -0.141. The first-order valence-corrected chi connectivity index (χ1v) is 8.25. The number of carbonyl (C=O) groups excluding carboxylic acids is 4. The van der Waals surface area contributed by atoms with Gasteiger partial charge in [0.25, 0.3) is 0 Å². The van der Waals surface area contributed by atoms with Crippen LogP contribution >= 0.6 is 0 Å². The van der Waals surface area contributed by atoms with Gasteiger partial charge >= 0.3 is 11.8 Å². The van der Waals surface area contributed by atoms with Gasteiger partial charge in [-0.25, -0.2) is 0 Å². The van der Waals surface area contributed by atoms with E-state index in [1.807, 2.05) is 30.3 Å². The molecule has 1 aromatic carbocycles. The summed E-state index contributed by atoms with van der Waals surface area (Å²) in [6, 6.07) is 6.76. The van der Waals surface area contributed by atoms with Crippen molar-refractivity contribution in [3.63, 3.8) is 0 Å². The Morgan fingerprint density at radius 3 is 2.42 bits per heavy atom. The Hall–Kier alpha value is -3.16. The van der Waals surface area contributed by atoms with Crippen molar-refractivity contribution in [3.8, 4) is 0 Å². The van der Waals surface area contributed by atoms with Gasteiger partial charge in [0.15, 0.2) is 0 Å². The number of nitrogens with one attached hydrogen (secondary N) is 3. The maximum Gasteiger partial charge on any atom is 0.327 e. The van der Waals surface area contributed by atoms with E-state index in [4.69, 9.17) is 0 Å². The molecule has 8 heteroatoms. The van der Waals surface area contributed by atoms with Gasteiger partial charge in [-0.05, 0) is 31.1 Å². The molecule has 0 unspecified atom stereocenters. The second-order valence-corrected chi connectivity index (χ2v) is 6.22. The van der Waals surface area contributed by atoms with E-state index in [2.05, 4.69) is 16.2 Å². The average molecular weight is 358 g/mol. The lowest BCUT2D eigenvalue weighted by Crippen LogP contribution is -2.50. The molecule has 0 saturated heterocycles. The molecule has 1 aliphatic rings. The molecule has 8 nitrogen and oxygen atoms in total. The summed E-state index contributed by atoms with van der Waals surface area (Å²) in [7, 11) is 0. The molecule has 3 N–H and O–H groups in total. The van der Waals surface area contributed by atoms with E-state index < -0.39 is 23.8 Å². The van der Waals surface area contributed by atoms with Crippen LogP contribution in [-0.2, 0) is 19.2 Å². The van der Waals surface area contributed by atoms with E-state index in [-0.39, 0.29) is 18.4 Å². The highest BCUT2D eigenvalue weighted by atomic mass is 16.2. The fourth-order valence-electron chi connectivity index (χ4n) is 2.65. The van der Waals surface area contributed by atoms with Crippen molar-refractivity contribution in [3.05, 3.63) is 41.6 Å². The molecule has 0 fully saturated rings. The Morgan fingerprint density at radius 1 is 1.08 bits per heavy atom. The normalized spacial score (nSPS) is 15.2. The number of hydrogen-bond donors (Lipinski definition) is 3. The third-order valence-corrected chi connectivity index (χ3v) is 3.79. The second kappa shape index (κ2) is 8.28. The van der Waals surface area contributed by atoms with Crippen LogP contribution in [0.2, 0.25) is 0 Å². The van der Waals surface area contributed by atoms with E-state index in [1.54, 1.807) is 20.0 Å². The quantitative estimate of drug-likeness (QED) is 0.544. The fraction of sp³-hybridized carbons (Fsp3) is 0.333. The summed E-state index contributed by atoms with van der Waals surface area (Å²) in [5, 5.41) is 2.42. The van der Waals surface area contributed by atoms with Gasteiger partial charge in [-0.1, -0.05) is 24.3 Å². The second-order valence-electron chi connectivity index (χ2n) is 6.22. The van der Waals surface area contributed by atoms with Gasteiger partial charge in [0.1, 0.15) is 0 Å². The number of fused-ring (bicyclic) bond motifs is 1. The maximum absolute atomic E-state index is 12.2. The largest absolute Gasteiger partial charge is 0.346 e. The van der Waals surface area contributed by atoms with Crippen LogP contribution in [0.25, 0.3) is 6.08 Å². The minimum absolute atomic E-state index is 0.0625. The summed E-state index contributed by atoms with van der Waals surface area (Å²) < 4.78 is 0. The summed E-state index contributed by atoms with van der Waals surface area (Å²) in [5.41, 5.74) is 6.04. The molecule has 0 aromatic heterocycles. The first-order valence-electron chi connectivity index (χ1n) is 8.25. The molecule has 0 aliphatic carbocycles. The lowest BCUT2D eigenvalue weighted by Gasteiger charge is -2.32. The van der Waals surface area contributed by atoms with Crippen LogP contribution in [0.3, 0.4) is 0 Å². The van der Waals surface area contributed by atoms with E-state index in [0.29, 0.717) is 0 Å².